The number of carbonyl (C=O) groups is 2. The lowest BCUT2D eigenvalue weighted by Crippen LogP contribution is -2.40. The minimum atomic E-state index is -0.333. The van der Waals surface area contributed by atoms with Crippen LogP contribution in [0.4, 0.5) is 4.39 Å². The molecule has 2 N–H and O–H groups in total. The Balaban J connectivity index is 1.47. The molecular weight excluding hydrogens is 399 g/mol. The van der Waals surface area contributed by atoms with Crippen LogP contribution in [0.15, 0.2) is 53.3 Å². The quantitative estimate of drug-likeness (QED) is 0.552. The van der Waals surface area contributed by atoms with Crippen molar-refractivity contribution in [2.24, 2.45) is 0 Å². The summed E-state index contributed by atoms with van der Waals surface area (Å²) in [4.78, 5) is 45.5. The van der Waals surface area contributed by atoms with Gasteiger partial charge in [0.25, 0.3) is 5.56 Å². The Morgan fingerprint density at radius 3 is 2.61 bits per heavy atom. The molecule has 1 aromatic heterocycles. The van der Waals surface area contributed by atoms with Gasteiger partial charge in [-0.2, -0.15) is 0 Å². The predicted molar refractivity (Wildman–Crippen MR) is 116 cm³/mol. The smallest absolute Gasteiger partial charge is 0.258 e. The highest BCUT2D eigenvalue weighted by Gasteiger charge is 2.15. The standard InChI is InChI=1S/C23H25FN4O3/c1-2-28(15-21(29)25-14-16-10-12-17(24)13-11-16)22(30)9-5-8-20-26-19-7-4-3-6-18(19)23(31)27-20/h3-4,6-7,10-13H,2,5,8-9,14-15H2,1H3,(H,25,29)(H,26,27,31). The first kappa shape index (κ1) is 22.1. The van der Waals surface area contributed by atoms with E-state index in [1.54, 1.807) is 30.3 Å². The molecule has 7 nitrogen and oxygen atoms in total. The van der Waals surface area contributed by atoms with E-state index in [0.717, 1.165) is 5.56 Å². The summed E-state index contributed by atoms with van der Waals surface area (Å²) in [5.41, 5.74) is 1.21. The fourth-order valence-electron chi connectivity index (χ4n) is 3.23. The molecule has 0 aliphatic carbocycles. The van der Waals surface area contributed by atoms with Gasteiger partial charge in [-0.1, -0.05) is 24.3 Å². The zero-order valence-corrected chi connectivity index (χ0v) is 17.4. The van der Waals surface area contributed by atoms with Crippen LogP contribution in [0.3, 0.4) is 0 Å². The molecule has 0 bridgehead atoms. The van der Waals surface area contributed by atoms with Crippen LogP contribution < -0.4 is 10.9 Å². The average molecular weight is 424 g/mol. The lowest BCUT2D eigenvalue weighted by molar-refractivity contribution is -0.136. The van der Waals surface area contributed by atoms with Crippen molar-refractivity contribution in [3.63, 3.8) is 0 Å². The van der Waals surface area contributed by atoms with Gasteiger partial charge in [0.15, 0.2) is 0 Å². The number of carbonyl (C=O) groups excluding carboxylic acids is 2. The minimum Gasteiger partial charge on any atom is -0.350 e. The first-order valence-corrected chi connectivity index (χ1v) is 10.2. The normalized spacial score (nSPS) is 10.8. The molecule has 0 saturated carbocycles. The summed E-state index contributed by atoms with van der Waals surface area (Å²) in [6, 6.07) is 13.0. The average Bonchev–Trinajstić information content (AvgIpc) is 2.77. The number of nitrogens with zero attached hydrogens (tertiary/aromatic N) is 2. The monoisotopic (exact) mass is 424 g/mol. The maximum atomic E-state index is 12.9. The lowest BCUT2D eigenvalue weighted by atomic mass is 10.2. The molecule has 31 heavy (non-hydrogen) atoms. The van der Waals surface area contributed by atoms with Crippen LogP contribution in [-0.4, -0.2) is 39.8 Å². The number of hydrogen-bond acceptors (Lipinski definition) is 4. The van der Waals surface area contributed by atoms with Gasteiger partial charge in [-0.3, -0.25) is 14.4 Å². The summed E-state index contributed by atoms with van der Waals surface area (Å²) < 4.78 is 12.9. The number of aromatic nitrogens is 2. The van der Waals surface area contributed by atoms with Crippen molar-refractivity contribution in [1.82, 2.24) is 20.2 Å². The molecule has 0 aliphatic rings. The lowest BCUT2D eigenvalue weighted by Gasteiger charge is -2.20. The van der Waals surface area contributed by atoms with Crippen molar-refractivity contribution in [2.75, 3.05) is 13.1 Å². The van der Waals surface area contributed by atoms with Crippen LogP contribution >= 0.6 is 0 Å². The highest BCUT2D eigenvalue weighted by Crippen LogP contribution is 2.08. The second-order valence-electron chi connectivity index (χ2n) is 7.19. The molecule has 3 aromatic rings. The molecule has 0 radical (unpaired) electrons. The molecule has 1 heterocycles. The number of nitrogens with one attached hydrogen (secondary N) is 2. The number of rotatable bonds is 9. The second kappa shape index (κ2) is 10.5. The fourth-order valence-corrected chi connectivity index (χ4v) is 3.23. The first-order valence-electron chi connectivity index (χ1n) is 10.2. The Morgan fingerprint density at radius 2 is 1.87 bits per heavy atom. The highest BCUT2D eigenvalue weighted by molar-refractivity contribution is 5.84. The molecule has 2 aromatic carbocycles. The molecule has 0 aliphatic heterocycles. The molecule has 0 unspecified atom stereocenters. The van der Waals surface area contributed by atoms with Crippen molar-refractivity contribution in [1.29, 1.82) is 0 Å². The highest BCUT2D eigenvalue weighted by atomic mass is 19.1. The Morgan fingerprint density at radius 1 is 1.13 bits per heavy atom. The summed E-state index contributed by atoms with van der Waals surface area (Å²) in [6.45, 7) is 2.45. The van der Waals surface area contributed by atoms with Crippen molar-refractivity contribution < 1.29 is 14.0 Å². The van der Waals surface area contributed by atoms with Crippen LogP contribution in [0.5, 0.6) is 0 Å². The number of aryl methyl sites for hydroxylation is 1. The minimum absolute atomic E-state index is 0.0401. The maximum Gasteiger partial charge on any atom is 0.258 e. The Kier molecular flexibility index (Phi) is 7.48. The van der Waals surface area contributed by atoms with Crippen LogP contribution in [0.2, 0.25) is 0 Å². The van der Waals surface area contributed by atoms with E-state index in [0.29, 0.717) is 36.1 Å². The van der Waals surface area contributed by atoms with Crippen molar-refractivity contribution in [3.8, 4) is 0 Å². The third kappa shape index (κ3) is 6.21. The van der Waals surface area contributed by atoms with Gasteiger partial charge in [0.05, 0.1) is 17.4 Å². The molecule has 0 fully saturated rings. The van der Waals surface area contributed by atoms with E-state index >= 15 is 0 Å². The van der Waals surface area contributed by atoms with E-state index in [4.69, 9.17) is 0 Å². The topological polar surface area (TPSA) is 95.2 Å². The second-order valence-corrected chi connectivity index (χ2v) is 7.19. The zero-order chi connectivity index (χ0) is 22.2. The van der Waals surface area contributed by atoms with Gasteiger partial charge in [-0.25, -0.2) is 9.37 Å². The SMILES string of the molecule is CCN(CC(=O)NCc1ccc(F)cc1)C(=O)CCCc1nc2ccccc2c(=O)[nH]1. The number of benzene rings is 2. The number of fused-ring (bicyclic) bond motifs is 1. The van der Waals surface area contributed by atoms with E-state index < -0.39 is 0 Å². The summed E-state index contributed by atoms with van der Waals surface area (Å²) in [5.74, 6) is -0.208. The van der Waals surface area contributed by atoms with E-state index in [1.165, 1.54) is 17.0 Å². The number of hydrogen-bond donors (Lipinski definition) is 2. The number of para-hydroxylation sites is 1. The van der Waals surface area contributed by atoms with Gasteiger partial charge in [0.1, 0.15) is 11.6 Å². The summed E-state index contributed by atoms with van der Waals surface area (Å²) in [5, 5.41) is 3.27. The van der Waals surface area contributed by atoms with Gasteiger partial charge in [-0.15, -0.1) is 0 Å². The van der Waals surface area contributed by atoms with Gasteiger partial charge in [-0.05, 0) is 43.2 Å². The number of H-pyrrole nitrogens is 1. The van der Waals surface area contributed by atoms with Crippen LogP contribution in [0.25, 0.3) is 10.9 Å². The molecule has 2 amide bonds. The Labute approximate surface area is 179 Å². The number of aromatic amines is 1. The zero-order valence-electron chi connectivity index (χ0n) is 17.4. The van der Waals surface area contributed by atoms with Gasteiger partial charge in [0, 0.05) is 25.9 Å². The molecular formula is C23H25FN4O3. The van der Waals surface area contributed by atoms with Crippen molar-refractivity contribution in [3.05, 3.63) is 76.1 Å². The largest absolute Gasteiger partial charge is 0.350 e. The molecule has 0 atom stereocenters. The molecule has 162 valence electrons. The van der Waals surface area contributed by atoms with E-state index in [-0.39, 0.29) is 42.7 Å². The molecule has 0 spiro atoms. The third-order valence-corrected chi connectivity index (χ3v) is 4.94. The number of halogens is 1. The number of likely N-dealkylation sites (N-methyl/N-ethyl adjacent to an activating group) is 1. The van der Waals surface area contributed by atoms with Crippen molar-refractivity contribution >= 4 is 22.7 Å². The Hall–Kier alpha value is -3.55. The van der Waals surface area contributed by atoms with Gasteiger partial charge < -0.3 is 15.2 Å². The van der Waals surface area contributed by atoms with E-state index in [1.807, 2.05) is 13.0 Å². The van der Waals surface area contributed by atoms with Gasteiger partial charge >= 0.3 is 0 Å². The summed E-state index contributed by atoms with van der Waals surface area (Å²) in [6.07, 6.45) is 1.21. The summed E-state index contributed by atoms with van der Waals surface area (Å²) in [7, 11) is 0. The third-order valence-electron chi connectivity index (χ3n) is 4.94. The molecule has 8 heteroatoms. The van der Waals surface area contributed by atoms with E-state index in [2.05, 4.69) is 15.3 Å². The molecule has 3 rings (SSSR count). The maximum absolute atomic E-state index is 12.9. The summed E-state index contributed by atoms with van der Waals surface area (Å²) >= 11 is 0. The first-order chi connectivity index (χ1) is 15.0. The van der Waals surface area contributed by atoms with Crippen LogP contribution in [0, 0.1) is 5.82 Å². The van der Waals surface area contributed by atoms with E-state index in [9.17, 15) is 18.8 Å². The van der Waals surface area contributed by atoms with Crippen LogP contribution in [0.1, 0.15) is 31.2 Å². The number of amides is 2. The fraction of sp³-hybridized carbons (Fsp3) is 0.304. The predicted octanol–water partition coefficient (Wildman–Crippen LogP) is 2.55. The molecule has 0 saturated heterocycles. The van der Waals surface area contributed by atoms with Gasteiger partial charge in [0.2, 0.25) is 11.8 Å². The van der Waals surface area contributed by atoms with Crippen molar-refractivity contribution in [2.45, 2.75) is 32.7 Å². The Bertz CT molecular complexity index is 1110. The van der Waals surface area contributed by atoms with Crippen LogP contribution in [-0.2, 0) is 22.6 Å².